The molecule has 1 aromatic rings. The number of alkyl carbamates (subject to hydrolysis) is 1. The lowest BCUT2D eigenvalue weighted by molar-refractivity contribution is 0.0523. The maximum absolute atomic E-state index is 11.5. The van der Waals surface area contributed by atoms with Crippen LogP contribution in [0.15, 0.2) is 18.2 Å². The Labute approximate surface area is 109 Å². The fourth-order valence-electron chi connectivity index (χ4n) is 1.40. The molecule has 0 aliphatic heterocycles. The molecule has 4 nitrogen and oxygen atoms in total. The first kappa shape index (κ1) is 14.5. The second-order valence-electron chi connectivity index (χ2n) is 5.56. The molecule has 0 saturated heterocycles. The average Bonchev–Trinajstić information content (AvgIpc) is 2.24. The Kier molecular flexibility index (Phi) is 4.70. The zero-order valence-corrected chi connectivity index (χ0v) is 11.8. The van der Waals surface area contributed by atoms with Crippen molar-refractivity contribution < 1.29 is 9.53 Å². The molecule has 0 unspecified atom stereocenters. The first-order valence-corrected chi connectivity index (χ1v) is 6.20. The molecule has 1 aromatic heterocycles. The van der Waals surface area contributed by atoms with E-state index in [0.717, 1.165) is 11.4 Å². The van der Waals surface area contributed by atoms with E-state index in [1.54, 1.807) is 0 Å². The molecular weight excluding hydrogens is 228 g/mol. The largest absolute Gasteiger partial charge is 0.444 e. The molecule has 1 rings (SSSR count). The molecule has 1 heterocycles. The lowest BCUT2D eigenvalue weighted by Crippen LogP contribution is -2.32. The molecular formula is C14H22N2O2. The topological polar surface area (TPSA) is 51.2 Å². The fraction of sp³-hybridized carbons (Fsp3) is 0.571. The van der Waals surface area contributed by atoms with E-state index in [4.69, 9.17) is 4.74 Å². The molecule has 4 heteroatoms. The van der Waals surface area contributed by atoms with Crippen LogP contribution in [0.25, 0.3) is 0 Å². The van der Waals surface area contributed by atoms with Gasteiger partial charge in [-0.25, -0.2) is 4.79 Å². The summed E-state index contributed by atoms with van der Waals surface area (Å²) in [6.07, 6.45) is -0.417. The molecule has 0 bridgehead atoms. The van der Waals surface area contributed by atoms with Crippen molar-refractivity contribution in [1.29, 1.82) is 0 Å². The minimum absolute atomic E-state index is 0.381. The lowest BCUT2D eigenvalue weighted by atomic mass is 10.1. The second-order valence-corrected chi connectivity index (χ2v) is 5.56. The van der Waals surface area contributed by atoms with Gasteiger partial charge in [-0.1, -0.05) is 19.9 Å². The predicted molar refractivity (Wildman–Crippen MR) is 71.4 cm³/mol. The normalized spacial score (nSPS) is 11.4. The van der Waals surface area contributed by atoms with E-state index in [-0.39, 0.29) is 0 Å². The average molecular weight is 250 g/mol. The van der Waals surface area contributed by atoms with Crippen molar-refractivity contribution in [3.8, 4) is 0 Å². The van der Waals surface area contributed by atoms with Crippen LogP contribution in [0, 0.1) is 0 Å². The predicted octanol–water partition coefficient (Wildman–Crippen LogP) is 3.23. The van der Waals surface area contributed by atoms with Crippen LogP contribution in [0.1, 0.15) is 51.9 Å². The first-order chi connectivity index (χ1) is 8.28. The fourth-order valence-corrected chi connectivity index (χ4v) is 1.40. The maximum Gasteiger partial charge on any atom is 0.407 e. The van der Waals surface area contributed by atoms with Gasteiger partial charge in [-0.15, -0.1) is 0 Å². The van der Waals surface area contributed by atoms with Crippen LogP contribution in [-0.4, -0.2) is 16.7 Å². The summed E-state index contributed by atoms with van der Waals surface area (Å²) in [5, 5.41) is 2.70. The van der Waals surface area contributed by atoms with Gasteiger partial charge in [0.25, 0.3) is 0 Å². The highest BCUT2D eigenvalue weighted by Crippen LogP contribution is 2.11. The van der Waals surface area contributed by atoms with E-state index in [9.17, 15) is 4.79 Å². The van der Waals surface area contributed by atoms with Crippen LogP contribution in [0.2, 0.25) is 0 Å². The highest BCUT2D eigenvalue weighted by Gasteiger charge is 2.15. The second kappa shape index (κ2) is 5.85. The summed E-state index contributed by atoms with van der Waals surface area (Å²) in [7, 11) is 0. The Bertz CT molecular complexity index is 409. The van der Waals surface area contributed by atoms with E-state index in [1.165, 1.54) is 0 Å². The molecule has 18 heavy (non-hydrogen) atoms. The van der Waals surface area contributed by atoms with Crippen LogP contribution in [0.5, 0.6) is 0 Å². The molecule has 0 radical (unpaired) electrons. The van der Waals surface area contributed by atoms with Crippen molar-refractivity contribution in [1.82, 2.24) is 10.3 Å². The van der Waals surface area contributed by atoms with Gasteiger partial charge in [0, 0.05) is 5.69 Å². The Morgan fingerprint density at radius 2 is 2.06 bits per heavy atom. The number of aromatic nitrogens is 1. The Morgan fingerprint density at radius 3 is 2.61 bits per heavy atom. The van der Waals surface area contributed by atoms with Crippen molar-refractivity contribution in [2.45, 2.75) is 52.7 Å². The Hall–Kier alpha value is -1.58. The van der Waals surface area contributed by atoms with E-state index < -0.39 is 11.7 Å². The Balaban J connectivity index is 2.53. The zero-order chi connectivity index (χ0) is 13.8. The third kappa shape index (κ3) is 5.17. The van der Waals surface area contributed by atoms with Crippen molar-refractivity contribution in [3.05, 3.63) is 29.6 Å². The van der Waals surface area contributed by atoms with Crippen LogP contribution >= 0.6 is 0 Å². The van der Waals surface area contributed by atoms with Crippen LogP contribution < -0.4 is 5.32 Å². The number of carbonyl (C=O) groups is 1. The number of rotatable bonds is 3. The van der Waals surface area contributed by atoms with Crippen LogP contribution in [0.4, 0.5) is 4.79 Å². The number of pyridine rings is 1. The standard InChI is InChI=1S/C14H22N2O2/c1-10(2)12-8-6-7-11(16-12)9-15-13(17)18-14(3,4)5/h6-8,10H,9H2,1-5H3,(H,15,17). The Morgan fingerprint density at radius 1 is 1.39 bits per heavy atom. The summed E-state index contributed by atoms with van der Waals surface area (Å²) in [4.78, 5) is 16.0. The zero-order valence-electron chi connectivity index (χ0n) is 11.8. The highest BCUT2D eigenvalue weighted by atomic mass is 16.6. The summed E-state index contributed by atoms with van der Waals surface area (Å²) < 4.78 is 5.16. The highest BCUT2D eigenvalue weighted by molar-refractivity contribution is 5.67. The van der Waals surface area contributed by atoms with E-state index in [2.05, 4.69) is 24.1 Å². The van der Waals surface area contributed by atoms with E-state index in [0.29, 0.717) is 12.5 Å². The molecule has 0 aliphatic rings. The molecule has 0 fully saturated rings. The molecule has 0 aromatic carbocycles. The number of nitrogens with zero attached hydrogens (tertiary/aromatic N) is 1. The summed E-state index contributed by atoms with van der Waals surface area (Å²) >= 11 is 0. The third-order valence-electron chi connectivity index (χ3n) is 2.23. The number of nitrogens with one attached hydrogen (secondary N) is 1. The number of hydrogen-bond donors (Lipinski definition) is 1. The molecule has 0 atom stereocenters. The van der Waals surface area contributed by atoms with Gasteiger partial charge < -0.3 is 10.1 Å². The van der Waals surface area contributed by atoms with Gasteiger partial charge in [0.05, 0.1) is 12.2 Å². The molecule has 1 N–H and O–H groups in total. The van der Waals surface area contributed by atoms with Crippen molar-refractivity contribution in [2.24, 2.45) is 0 Å². The lowest BCUT2D eigenvalue weighted by Gasteiger charge is -2.19. The minimum Gasteiger partial charge on any atom is -0.444 e. The van der Waals surface area contributed by atoms with Crippen molar-refractivity contribution >= 4 is 6.09 Å². The van der Waals surface area contributed by atoms with Crippen LogP contribution in [-0.2, 0) is 11.3 Å². The van der Waals surface area contributed by atoms with Gasteiger partial charge in [0.2, 0.25) is 0 Å². The monoisotopic (exact) mass is 250 g/mol. The summed E-state index contributed by atoms with van der Waals surface area (Å²) in [6, 6.07) is 5.83. The molecule has 0 spiro atoms. The smallest absolute Gasteiger partial charge is 0.407 e. The van der Waals surface area contributed by atoms with E-state index >= 15 is 0 Å². The third-order valence-corrected chi connectivity index (χ3v) is 2.23. The SMILES string of the molecule is CC(C)c1cccc(CNC(=O)OC(C)(C)C)n1. The number of ether oxygens (including phenoxy) is 1. The van der Waals surface area contributed by atoms with Gasteiger partial charge in [0.15, 0.2) is 0 Å². The number of carbonyl (C=O) groups excluding carboxylic acids is 1. The molecule has 0 saturated carbocycles. The summed E-state index contributed by atoms with van der Waals surface area (Å²) in [6.45, 7) is 10.1. The quantitative estimate of drug-likeness (QED) is 0.896. The van der Waals surface area contributed by atoms with Gasteiger partial charge in [-0.3, -0.25) is 4.98 Å². The van der Waals surface area contributed by atoms with Gasteiger partial charge in [-0.2, -0.15) is 0 Å². The van der Waals surface area contributed by atoms with E-state index in [1.807, 2.05) is 39.0 Å². The van der Waals surface area contributed by atoms with Crippen molar-refractivity contribution in [2.75, 3.05) is 0 Å². The summed E-state index contributed by atoms with van der Waals surface area (Å²) in [5.74, 6) is 0.381. The van der Waals surface area contributed by atoms with Crippen LogP contribution in [0.3, 0.4) is 0 Å². The number of hydrogen-bond acceptors (Lipinski definition) is 3. The molecule has 0 aliphatic carbocycles. The summed E-state index contributed by atoms with van der Waals surface area (Å²) in [5.41, 5.74) is 1.39. The maximum atomic E-state index is 11.5. The number of amides is 1. The van der Waals surface area contributed by atoms with Gasteiger partial charge in [0.1, 0.15) is 5.60 Å². The first-order valence-electron chi connectivity index (χ1n) is 6.20. The van der Waals surface area contributed by atoms with Gasteiger partial charge in [-0.05, 0) is 38.8 Å². The van der Waals surface area contributed by atoms with Crippen molar-refractivity contribution in [3.63, 3.8) is 0 Å². The minimum atomic E-state index is -0.475. The van der Waals surface area contributed by atoms with Gasteiger partial charge >= 0.3 is 6.09 Å². The molecule has 1 amide bonds. The molecule has 100 valence electrons.